The number of nitro groups is 1. The fraction of sp³-hybridized carbons (Fsp3) is 0.211. The summed E-state index contributed by atoms with van der Waals surface area (Å²) in [7, 11) is 0. The van der Waals surface area contributed by atoms with Crippen LogP contribution in [0.5, 0.6) is 0 Å². The van der Waals surface area contributed by atoms with E-state index in [2.05, 4.69) is 4.98 Å². The second kappa shape index (κ2) is 6.33. The molecule has 1 atom stereocenters. The van der Waals surface area contributed by atoms with Gasteiger partial charge in [0.1, 0.15) is 17.5 Å². The van der Waals surface area contributed by atoms with Gasteiger partial charge in [-0.25, -0.2) is 13.8 Å². The third-order valence-corrected chi connectivity index (χ3v) is 4.74. The van der Waals surface area contributed by atoms with Gasteiger partial charge in [0.2, 0.25) is 0 Å². The Morgan fingerprint density at radius 2 is 1.92 bits per heavy atom. The van der Waals surface area contributed by atoms with Gasteiger partial charge >= 0.3 is 0 Å². The summed E-state index contributed by atoms with van der Waals surface area (Å²) in [6, 6.07) is 11.3. The maximum absolute atomic E-state index is 14.2. The third kappa shape index (κ3) is 2.85. The van der Waals surface area contributed by atoms with Crippen LogP contribution in [0.4, 0.5) is 20.3 Å². The van der Waals surface area contributed by atoms with Crippen molar-refractivity contribution in [3.63, 3.8) is 0 Å². The number of halogens is 2. The summed E-state index contributed by atoms with van der Waals surface area (Å²) in [5.74, 6) is -0.320. The van der Waals surface area contributed by atoms with E-state index in [4.69, 9.17) is 0 Å². The van der Waals surface area contributed by atoms with Crippen molar-refractivity contribution in [1.29, 1.82) is 0 Å². The maximum atomic E-state index is 14.2. The van der Waals surface area contributed by atoms with Crippen molar-refractivity contribution in [2.75, 3.05) is 11.4 Å². The molecule has 7 heteroatoms. The van der Waals surface area contributed by atoms with Crippen molar-refractivity contribution < 1.29 is 13.7 Å². The minimum atomic E-state index is -0.477. The zero-order valence-corrected chi connectivity index (χ0v) is 13.7. The van der Waals surface area contributed by atoms with Crippen molar-refractivity contribution in [3.05, 3.63) is 75.8 Å². The molecule has 132 valence electrons. The number of nitro benzene ring substituents is 1. The average molecular weight is 355 g/mol. The monoisotopic (exact) mass is 355 g/mol. The molecule has 3 aromatic rings. The molecule has 5 nitrogen and oxygen atoms in total. The highest BCUT2D eigenvalue weighted by molar-refractivity contribution is 5.82. The number of hydrogen-bond acceptors (Lipinski definition) is 4. The minimum absolute atomic E-state index is 0.0312. The summed E-state index contributed by atoms with van der Waals surface area (Å²) in [5, 5.41) is 11.8. The van der Waals surface area contributed by atoms with Gasteiger partial charge in [0.15, 0.2) is 0 Å². The van der Waals surface area contributed by atoms with E-state index in [0.29, 0.717) is 29.9 Å². The Morgan fingerprint density at radius 3 is 2.73 bits per heavy atom. The summed E-state index contributed by atoms with van der Waals surface area (Å²) in [6.07, 6.45) is 1.52. The first-order chi connectivity index (χ1) is 12.5. The fourth-order valence-corrected chi connectivity index (χ4v) is 3.50. The van der Waals surface area contributed by atoms with Gasteiger partial charge in [0, 0.05) is 29.6 Å². The highest BCUT2D eigenvalue weighted by atomic mass is 19.1. The number of aromatic nitrogens is 1. The molecular formula is C19H15F2N3O2. The molecule has 0 N–H and O–H groups in total. The van der Waals surface area contributed by atoms with Gasteiger partial charge in [-0.2, -0.15) is 0 Å². The van der Waals surface area contributed by atoms with Crippen molar-refractivity contribution in [2.24, 2.45) is 0 Å². The van der Waals surface area contributed by atoms with E-state index in [1.165, 1.54) is 18.2 Å². The topological polar surface area (TPSA) is 59.3 Å². The van der Waals surface area contributed by atoms with Crippen molar-refractivity contribution in [2.45, 2.75) is 18.9 Å². The standard InChI is InChI=1S/C19H15F2N3O2/c20-13-5-7-16(21)15(10-13)18-2-1-9-23(18)19-8-4-12-3-6-14(24(25)26)11-17(12)22-19/h3-8,10-11,18H,1-2,9H2/t18-/m1/s1. The van der Waals surface area contributed by atoms with Crippen LogP contribution in [0.2, 0.25) is 0 Å². The number of hydrogen-bond donors (Lipinski definition) is 0. The lowest BCUT2D eigenvalue weighted by atomic mass is 10.0. The van der Waals surface area contributed by atoms with Gasteiger partial charge in [0.05, 0.1) is 16.5 Å². The first kappa shape index (κ1) is 16.4. The molecule has 4 rings (SSSR count). The molecule has 2 aromatic carbocycles. The lowest BCUT2D eigenvalue weighted by Gasteiger charge is -2.26. The van der Waals surface area contributed by atoms with E-state index in [-0.39, 0.29) is 11.7 Å². The number of nitrogens with zero attached hydrogens (tertiary/aromatic N) is 3. The number of benzene rings is 2. The van der Waals surface area contributed by atoms with Crippen LogP contribution in [0.3, 0.4) is 0 Å². The molecule has 26 heavy (non-hydrogen) atoms. The zero-order chi connectivity index (χ0) is 18.3. The van der Waals surface area contributed by atoms with E-state index in [1.807, 2.05) is 17.0 Å². The highest BCUT2D eigenvalue weighted by Crippen LogP contribution is 2.37. The van der Waals surface area contributed by atoms with E-state index in [9.17, 15) is 18.9 Å². The second-order valence-corrected chi connectivity index (χ2v) is 6.32. The summed E-state index contributed by atoms with van der Waals surface area (Å²) < 4.78 is 27.8. The molecule has 0 saturated carbocycles. The Hall–Kier alpha value is -3.09. The zero-order valence-electron chi connectivity index (χ0n) is 13.7. The Labute approximate surface area is 148 Å². The van der Waals surface area contributed by atoms with Crippen LogP contribution < -0.4 is 4.90 Å². The van der Waals surface area contributed by atoms with E-state index >= 15 is 0 Å². The van der Waals surface area contributed by atoms with E-state index < -0.39 is 16.6 Å². The Morgan fingerprint density at radius 1 is 1.12 bits per heavy atom. The summed E-state index contributed by atoms with van der Waals surface area (Å²) in [5.41, 5.74) is 0.779. The molecule has 1 aliphatic heterocycles. The first-order valence-corrected chi connectivity index (χ1v) is 8.30. The van der Waals surface area contributed by atoms with Crippen LogP contribution in [0.15, 0.2) is 48.5 Å². The fourth-order valence-electron chi connectivity index (χ4n) is 3.50. The number of anilines is 1. The van der Waals surface area contributed by atoms with Gasteiger partial charge in [-0.3, -0.25) is 10.1 Å². The van der Waals surface area contributed by atoms with Gasteiger partial charge in [0.25, 0.3) is 5.69 Å². The molecule has 0 spiro atoms. The molecule has 0 aliphatic carbocycles. The quantitative estimate of drug-likeness (QED) is 0.502. The smallest absolute Gasteiger partial charge is 0.271 e. The third-order valence-electron chi connectivity index (χ3n) is 4.74. The molecular weight excluding hydrogens is 340 g/mol. The molecule has 1 fully saturated rings. The summed E-state index contributed by atoms with van der Waals surface area (Å²) >= 11 is 0. The molecule has 0 radical (unpaired) electrons. The molecule has 1 saturated heterocycles. The van der Waals surface area contributed by atoms with Gasteiger partial charge in [-0.05, 0) is 49.2 Å². The van der Waals surface area contributed by atoms with Gasteiger partial charge in [-0.15, -0.1) is 0 Å². The van der Waals surface area contributed by atoms with Crippen molar-refractivity contribution >= 4 is 22.4 Å². The number of fused-ring (bicyclic) bond motifs is 1. The summed E-state index contributed by atoms with van der Waals surface area (Å²) in [4.78, 5) is 17.0. The van der Waals surface area contributed by atoms with Crippen LogP contribution in [0.25, 0.3) is 10.9 Å². The number of pyridine rings is 1. The van der Waals surface area contributed by atoms with Crippen LogP contribution in [-0.2, 0) is 0 Å². The molecule has 2 heterocycles. The van der Waals surface area contributed by atoms with Crippen molar-refractivity contribution in [3.8, 4) is 0 Å². The van der Waals surface area contributed by atoms with Crippen LogP contribution >= 0.6 is 0 Å². The maximum Gasteiger partial charge on any atom is 0.271 e. The predicted octanol–water partition coefficient (Wildman–Crippen LogP) is 4.76. The predicted molar refractivity (Wildman–Crippen MR) is 94.1 cm³/mol. The molecule has 1 aromatic heterocycles. The lowest BCUT2D eigenvalue weighted by molar-refractivity contribution is -0.384. The molecule has 1 aliphatic rings. The number of rotatable bonds is 3. The minimum Gasteiger partial charge on any atom is -0.349 e. The Kier molecular flexibility index (Phi) is 3.99. The largest absolute Gasteiger partial charge is 0.349 e. The van der Waals surface area contributed by atoms with Gasteiger partial charge < -0.3 is 4.90 Å². The average Bonchev–Trinajstić information content (AvgIpc) is 3.12. The molecule has 0 bridgehead atoms. The molecule has 0 unspecified atom stereocenters. The normalized spacial score (nSPS) is 17.0. The summed E-state index contributed by atoms with van der Waals surface area (Å²) in [6.45, 7) is 0.661. The van der Waals surface area contributed by atoms with Crippen LogP contribution in [-0.4, -0.2) is 16.5 Å². The highest BCUT2D eigenvalue weighted by Gasteiger charge is 2.29. The Bertz CT molecular complexity index is 1010. The first-order valence-electron chi connectivity index (χ1n) is 8.30. The van der Waals surface area contributed by atoms with E-state index in [0.717, 1.165) is 23.9 Å². The lowest BCUT2D eigenvalue weighted by Crippen LogP contribution is -2.24. The van der Waals surface area contributed by atoms with Crippen LogP contribution in [0, 0.1) is 21.7 Å². The molecule has 0 amide bonds. The number of non-ortho nitro benzene ring substituents is 1. The SMILES string of the molecule is O=[N+]([O-])c1ccc2ccc(N3CCC[C@@H]3c3cc(F)ccc3F)nc2c1. The second-order valence-electron chi connectivity index (χ2n) is 6.32. The Balaban J connectivity index is 1.75. The van der Waals surface area contributed by atoms with E-state index in [1.54, 1.807) is 6.07 Å². The van der Waals surface area contributed by atoms with Crippen molar-refractivity contribution in [1.82, 2.24) is 4.98 Å². The van der Waals surface area contributed by atoms with Crippen LogP contribution in [0.1, 0.15) is 24.4 Å². The van der Waals surface area contributed by atoms with Gasteiger partial charge in [-0.1, -0.05) is 0 Å².